The number of ketones is 1. The topological polar surface area (TPSA) is 96.4 Å². The number of anilines is 1. The molecule has 1 aromatic heterocycles. The Morgan fingerprint density at radius 1 is 1.29 bits per heavy atom. The molecule has 3 aromatic rings. The largest absolute Gasteiger partial charge is 0.446 e. The molecule has 2 heterocycles. The van der Waals surface area contributed by atoms with Gasteiger partial charge in [0.15, 0.2) is 5.78 Å². The number of fused-ring (bicyclic) bond motifs is 2. The first kappa shape index (κ1) is 17.8. The first-order valence-electron chi connectivity index (χ1n) is 8.43. The lowest BCUT2D eigenvalue weighted by atomic mass is 9.92. The summed E-state index contributed by atoms with van der Waals surface area (Å²) in [6, 6.07) is 9.44. The molecule has 0 aliphatic carbocycles. The van der Waals surface area contributed by atoms with Crippen LogP contribution in [-0.2, 0) is 4.74 Å². The van der Waals surface area contributed by atoms with E-state index in [2.05, 4.69) is 25.0 Å². The van der Waals surface area contributed by atoms with Crippen LogP contribution >= 0.6 is 0 Å². The summed E-state index contributed by atoms with van der Waals surface area (Å²) in [6.07, 6.45) is -0.830. The first-order chi connectivity index (χ1) is 13.6. The summed E-state index contributed by atoms with van der Waals surface area (Å²) in [5, 5.41) is 2.37. The minimum Gasteiger partial charge on any atom is -0.446 e. The highest BCUT2D eigenvalue weighted by molar-refractivity contribution is 6.22. The molecule has 142 valence electrons. The first-order valence-corrected chi connectivity index (χ1v) is 8.43. The molecule has 0 bridgehead atoms. The fourth-order valence-electron chi connectivity index (χ4n) is 3.03. The fourth-order valence-corrected chi connectivity index (χ4v) is 3.03. The number of H-pyrrole nitrogens is 1. The molecule has 9 heteroatoms. The average molecular weight is 384 g/mol. The van der Waals surface area contributed by atoms with Crippen molar-refractivity contribution in [3.8, 4) is 0 Å². The summed E-state index contributed by atoms with van der Waals surface area (Å²) in [4.78, 5) is 34.9. The Balaban J connectivity index is 1.68. The van der Waals surface area contributed by atoms with Gasteiger partial charge in [-0.15, -0.1) is 0 Å². The van der Waals surface area contributed by atoms with Crippen LogP contribution in [0.5, 0.6) is 0 Å². The highest BCUT2D eigenvalue weighted by atomic mass is 19.1. The number of benzene rings is 2. The summed E-state index contributed by atoms with van der Waals surface area (Å²) in [5.74, 6) is -0.630. The molecule has 1 aliphatic heterocycles. The zero-order chi connectivity index (χ0) is 19.7. The SMILES string of the molecule is O=C(Nc1nc2ccc(C3=NCC(=O)c4cccc(F)c43)cc2[nH]1)OCCF. The Labute approximate surface area is 157 Å². The van der Waals surface area contributed by atoms with Crippen molar-refractivity contribution >= 4 is 34.6 Å². The van der Waals surface area contributed by atoms with E-state index in [-0.39, 0.29) is 30.4 Å². The normalized spacial score (nSPS) is 13.2. The van der Waals surface area contributed by atoms with E-state index in [1.165, 1.54) is 12.1 Å². The molecule has 28 heavy (non-hydrogen) atoms. The molecule has 0 spiro atoms. The molecule has 0 saturated heterocycles. The van der Waals surface area contributed by atoms with Crippen molar-refractivity contribution in [1.82, 2.24) is 9.97 Å². The van der Waals surface area contributed by atoms with Crippen LogP contribution in [0.4, 0.5) is 19.5 Å². The number of hydrogen-bond acceptors (Lipinski definition) is 5. The quantitative estimate of drug-likeness (QED) is 0.722. The van der Waals surface area contributed by atoms with Gasteiger partial charge in [0.05, 0.1) is 16.7 Å². The van der Waals surface area contributed by atoms with Crippen molar-refractivity contribution in [2.45, 2.75) is 0 Å². The number of carbonyl (C=O) groups is 2. The van der Waals surface area contributed by atoms with E-state index < -0.39 is 18.6 Å². The summed E-state index contributed by atoms with van der Waals surface area (Å²) in [6.45, 7) is -1.18. The molecule has 0 saturated carbocycles. The Morgan fingerprint density at radius 2 is 2.14 bits per heavy atom. The number of ether oxygens (including phenoxy) is 1. The molecular weight excluding hydrogens is 370 g/mol. The number of aromatic nitrogens is 2. The van der Waals surface area contributed by atoms with Gasteiger partial charge in [-0.3, -0.25) is 15.1 Å². The number of halogens is 2. The second-order valence-corrected chi connectivity index (χ2v) is 6.02. The summed E-state index contributed by atoms with van der Waals surface area (Å²) >= 11 is 0. The monoisotopic (exact) mass is 384 g/mol. The Kier molecular flexibility index (Phi) is 4.56. The number of nitrogens with one attached hydrogen (secondary N) is 2. The average Bonchev–Trinajstić information content (AvgIpc) is 3.08. The van der Waals surface area contributed by atoms with Crippen LogP contribution in [0, 0.1) is 5.82 Å². The molecule has 2 aromatic carbocycles. The maximum absolute atomic E-state index is 14.4. The van der Waals surface area contributed by atoms with Gasteiger partial charge in [0, 0.05) is 16.7 Å². The molecule has 0 fully saturated rings. The smallest absolute Gasteiger partial charge is 0.414 e. The lowest BCUT2D eigenvalue weighted by molar-refractivity contribution is 0.0999. The maximum Gasteiger partial charge on any atom is 0.414 e. The third-order valence-electron chi connectivity index (χ3n) is 4.22. The molecule has 0 unspecified atom stereocenters. The van der Waals surface area contributed by atoms with Crippen molar-refractivity contribution < 1.29 is 23.1 Å². The van der Waals surface area contributed by atoms with E-state index >= 15 is 0 Å². The maximum atomic E-state index is 14.4. The number of carbonyl (C=O) groups excluding carboxylic acids is 2. The third kappa shape index (κ3) is 3.22. The van der Waals surface area contributed by atoms with Gasteiger partial charge in [-0.1, -0.05) is 18.2 Å². The number of amides is 1. The number of rotatable bonds is 4. The van der Waals surface area contributed by atoms with Crippen LogP contribution in [0.1, 0.15) is 21.5 Å². The molecule has 4 rings (SSSR count). The number of aliphatic imine (C=N–C) groups is 1. The highest BCUT2D eigenvalue weighted by Gasteiger charge is 2.25. The molecule has 7 nitrogen and oxygen atoms in total. The Bertz CT molecular complexity index is 1120. The predicted octanol–water partition coefficient (Wildman–Crippen LogP) is 3.25. The Hall–Kier alpha value is -3.62. The number of nitrogens with zero attached hydrogens (tertiary/aromatic N) is 2. The second kappa shape index (κ2) is 7.18. The lowest BCUT2D eigenvalue weighted by Gasteiger charge is -2.17. The van der Waals surface area contributed by atoms with Crippen molar-refractivity contribution in [2.75, 3.05) is 25.1 Å². The van der Waals surface area contributed by atoms with Gasteiger partial charge in [-0.05, 0) is 18.2 Å². The van der Waals surface area contributed by atoms with Crippen LogP contribution in [0.15, 0.2) is 41.4 Å². The van der Waals surface area contributed by atoms with Gasteiger partial charge in [0.25, 0.3) is 0 Å². The number of Topliss-reactive ketones (excluding diaryl/α,β-unsaturated/α-hetero) is 1. The lowest BCUT2D eigenvalue weighted by Crippen LogP contribution is -2.21. The van der Waals surface area contributed by atoms with Gasteiger partial charge in [-0.25, -0.2) is 18.6 Å². The summed E-state index contributed by atoms with van der Waals surface area (Å²) < 4.78 is 31.0. The minimum atomic E-state index is -0.830. The third-order valence-corrected chi connectivity index (χ3v) is 4.22. The van der Waals surface area contributed by atoms with E-state index in [0.29, 0.717) is 27.9 Å². The summed E-state index contributed by atoms with van der Waals surface area (Å²) in [7, 11) is 0. The van der Waals surface area contributed by atoms with Crippen LogP contribution in [0.25, 0.3) is 11.0 Å². The molecular formula is C19H14F2N4O3. The highest BCUT2D eigenvalue weighted by Crippen LogP contribution is 2.25. The van der Waals surface area contributed by atoms with E-state index in [9.17, 15) is 18.4 Å². The number of aromatic amines is 1. The predicted molar refractivity (Wildman–Crippen MR) is 98.3 cm³/mol. The molecule has 2 N–H and O–H groups in total. The molecule has 1 aliphatic rings. The van der Waals surface area contributed by atoms with E-state index in [0.717, 1.165) is 0 Å². The van der Waals surface area contributed by atoms with Crippen LogP contribution in [-0.4, -0.2) is 47.4 Å². The van der Waals surface area contributed by atoms with Gasteiger partial charge in [0.1, 0.15) is 25.6 Å². The molecule has 1 amide bonds. The van der Waals surface area contributed by atoms with Gasteiger partial charge < -0.3 is 9.72 Å². The van der Waals surface area contributed by atoms with Crippen LogP contribution in [0.2, 0.25) is 0 Å². The zero-order valence-electron chi connectivity index (χ0n) is 14.5. The van der Waals surface area contributed by atoms with Crippen molar-refractivity contribution in [3.63, 3.8) is 0 Å². The van der Waals surface area contributed by atoms with Crippen LogP contribution < -0.4 is 5.32 Å². The fraction of sp³-hybridized carbons (Fsp3) is 0.158. The standard InChI is InChI=1S/C19H14F2N4O3/c20-6-7-28-19(27)25-18-23-13-5-4-10(8-14(13)24-18)17-16-11(15(26)9-22-17)2-1-3-12(16)21/h1-5,8H,6-7,9H2,(H2,23,24,25,27). The number of imidazole rings is 1. The van der Waals surface area contributed by atoms with Crippen molar-refractivity contribution in [2.24, 2.45) is 4.99 Å². The number of hydrogen-bond donors (Lipinski definition) is 2. The second-order valence-electron chi connectivity index (χ2n) is 6.02. The molecule has 0 atom stereocenters. The van der Waals surface area contributed by atoms with Crippen molar-refractivity contribution in [1.29, 1.82) is 0 Å². The van der Waals surface area contributed by atoms with Gasteiger partial charge >= 0.3 is 6.09 Å². The van der Waals surface area contributed by atoms with Crippen molar-refractivity contribution in [3.05, 3.63) is 58.9 Å². The summed E-state index contributed by atoms with van der Waals surface area (Å²) in [5.41, 5.74) is 2.56. The zero-order valence-corrected chi connectivity index (χ0v) is 14.5. The van der Waals surface area contributed by atoms with E-state index in [1.54, 1.807) is 24.3 Å². The van der Waals surface area contributed by atoms with E-state index in [1.807, 2.05) is 0 Å². The van der Waals surface area contributed by atoms with Gasteiger partial charge in [-0.2, -0.15) is 0 Å². The van der Waals surface area contributed by atoms with Crippen LogP contribution in [0.3, 0.4) is 0 Å². The Morgan fingerprint density at radius 3 is 2.96 bits per heavy atom. The molecule has 0 radical (unpaired) electrons. The van der Waals surface area contributed by atoms with Gasteiger partial charge in [0.2, 0.25) is 5.95 Å². The van der Waals surface area contributed by atoms with E-state index in [4.69, 9.17) is 0 Å². The minimum absolute atomic E-state index is 0.0555. The number of alkyl halides is 1.